The van der Waals surface area contributed by atoms with Crippen molar-refractivity contribution in [1.82, 2.24) is 5.32 Å². The van der Waals surface area contributed by atoms with Crippen LogP contribution in [-0.4, -0.2) is 6.54 Å². The number of nitrogens with one attached hydrogen (secondary N) is 1. The molecule has 1 N–H and O–H groups in total. The molecule has 112 valence electrons. The van der Waals surface area contributed by atoms with Crippen LogP contribution in [0, 0.1) is 0 Å². The van der Waals surface area contributed by atoms with Gasteiger partial charge in [0.25, 0.3) is 0 Å². The SMILES string of the molecule is CCNC(c1ccc(C(F)(F)F)cc1)c1cccc(Cl)c1. The van der Waals surface area contributed by atoms with Crippen molar-refractivity contribution in [3.8, 4) is 0 Å². The largest absolute Gasteiger partial charge is 0.416 e. The van der Waals surface area contributed by atoms with Gasteiger partial charge in [-0.05, 0) is 41.9 Å². The van der Waals surface area contributed by atoms with Gasteiger partial charge in [-0.1, -0.05) is 42.8 Å². The van der Waals surface area contributed by atoms with Gasteiger partial charge in [0.2, 0.25) is 0 Å². The topological polar surface area (TPSA) is 12.0 Å². The zero-order chi connectivity index (χ0) is 15.5. The van der Waals surface area contributed by atoms with Crippen molar-refractivity contribution in [1.29, 1.82) is 0 Å². The van der Waals surface area contributed by atoms with Crippen LogP contribution in [0.3, 0.4) is 0 Å². The zero-order valence-corrected chi connectivity index (χ0v) is 12.2. The van der Waals surface area contributed by atoms with Crippen LogP contribution in [0.5, 0.6) is 0 Å². The van der Waals surface area contributed by atoms with Crippen LogP contribution in [-0.2, 0) is 6.18 Å². The van der Waals surface area contributed by atoms with Crippen LogP contribution in [0.4, 0.5) is 13.2 Å². The lowest BCUT2D eigenvalue weighted by Crippen LogP contribution is -2.22. The molecular weight excluding hydrogens is 299 g/mol. The molecular formula is C16H15ClF3N. The van der Waals surface area contributed by atoms with E-state index in [1.807, 2.05) is 25.1 Å². The summed E-state index contributed by atoms with van der Waals surface area (Å²) in [6.07, 6.45) is -4.32. The van der Waals surface area contributed by atoms with Crippen LogP contribution >= 0.6 is 11.6 Å². The molecule has 0 heterocycles. The second-order valence-corrected chi connectivity index (χ2v) is 5.10. The first-order valence-corrected chi connectivity index (χ1v) is 6.95. The zero-order valence-electron chi connectivity index (χ0n) is 11.4. The molecule has 1 atom stereocenters. The first-order valence-electron chi connectivity index (χ1n) is 6.58. The Morgan fingerprint density at radius 2 is 1.71 bits per heavy atom. The normalized spacial score (nSPS) is 13.2. The number of rotatable bonds is 4. The molecule has 2 aromatic rings. The minimum absolute atomic E-state index is 0.184. The maximum atomic E-state index is 12.6. The van der Waals surface area contributed by atoms with Crippen LogP contribution in [0.2, 0.25) is 5.02 Å². The Kier molecular flexibility index (Phi) is 4.91. The third kappa shape index (κ3) is 3.99. The standard InChI is InChI=1S/C16H15ClF3N/c1-2-21-15(12-4-3-5-14(17)10-12)11-6-8-13(9-7-11)16(18,19)20/h3-10,15,21H,2H2,1H3. The van der Waals surface area contributed by atoms with Crippen molar-refractivity contribution in [3.63, 3.8) is 0 Å². The first-order chi connectivity index (χ1) is 9.91. The van der Waals surface area contributed by atoms with E-state index >= 15 is 0 Å². The molecule has 5 heteroatoms. The van der Waals surface area contributed by atoms with E-state index in [0.29, 0.717) is 11.6 Å². The van der Waals surface area contributed by atoms with E-state index in [9.17, 15) is 13.2 Å². The Hall–Kier alpha value is -1.52. The second-order valence-electron chi connectivity index (χ2n) is 4.67. The van der Waals surface area contributed by atoms with E-state index in [-0.39, 0.29) is 6.04 Å². The van der Waals surface area contributed by atoms with Gasteiger partial charge in [-0.3, -0.25) is 0 Å². The molecule has 0 spiro atoms. The lowest BCUT2D eigenvalue weighted by Gasteiger charge is -2.20. The summed E-state index contributed by atoms with van der Waals surface area (Å²) in [5, 5.41) is 3.86. The molecule has 0 aliphatic carbocycles. The highest BCUT2D eigenvalue weighted by molar-refractivity contribution is 6.30. The van der Waals surface area contributed by atoms with Crippen LogP contribution in [0.25, 0.3) is 0 Å². The van der Waals surface area contributed by atoms with Crippen LogP contribution in [0.15, 0.2) is 48.5 Å². The molecule has 0 radical (unpaired) electrons. The number of benzene rings is 2. The van der Waals surface area contributed by atoms with Gasteiger partial charge in [-0.15, -0.1) is 0 Å². The van der Waals surface area contributed by atoms with Gasteiger partial charge < -0.3 is 5.32 Å². The third-order valence-electron chi connectivity index (χ3n) is 3.16. The summed E-state index contributed by atoms with van der Waals surface area (Å²) in [7, 11) is 0. The lowest BCUT2D eigenvalue weighted by atomic mass is 9.97. The first kappa shape index (κ1) is 15.9. The highest BCUT2D eigenvalue weighted by Crippen LogP contribution is 2.31. The highest BCUT2D eigenvalue weighted by Gasteiger charge is 2.30. The average Bonchev–Trinajstić information content (AvgIpc) is 2.44. The summed E-state index contributed by atoms with van der Waals surface area (Å²) < 4.78 is 37.8. The van der Waals surface area contributed by atoms with Gasteiger partial charge in [0.15, 0.2) is 0 Å². The van der Waals surface area contributed by atoms with Crippen molar-refractivity contribution in [3.05, 3.63) is 70.2 Å². The van der Waals surface area contributed by atoms with Gasteiger partial charge >= 0.3 is 6.18 Å². The molecule has 21 heavy (non-hydrogen) atoms. The van der Waals surface area contributed by atoms with E-state index in [2.05, 4.69) is 5.32 Å². The van der Waals surface area contributed by atoms with Gasteiger partial charge in [-0.25, -0.2) is 0 Å². The monoisotopic (exact) mass is 313 g/mol. The Balaban J connectivity index is 2.34. The minimum Gasteiger partial charge on any atom is -0.307 e. The van der Waals surface area contributed by atoms with Crippen molar-refractivity contribution in [2.24, 2.45) is 0 Å². The molecule has 0 aliphatic rings. The molecule has 2 rings (SSSR count). The van der Waals surface area contributed by atoms with Gasteiger partial charge in [-0.2, -0.15) is 13.2 Å². The maximum Gasteiger partial charge on any atom is 0.416 e. The van der Waals surface area contributed by atoms with E-state index < -0.39 is 11.7 Å². The fraction of sp³-hybridized carbons (Fsp3) is 0.250. The summed E-state index contributed by atoms with van der Waals surface area (Å²) >= 11 is 5.99. The molecule has 0 fully saturated rings. The van der Waals surface area contributed by atoms with Crippen molar-refractivity contribution < 1.29 is 13.2 Å². The van der Waals surface area contributed by atoms with Crippen LogP contribution < -0.4 is 5.32 Å². The molecule has 1 nitrogen and oxygen atoms in total. The predicted octanol–water partition coefficient (Wildman–Crippen LogP) is 5.06. The fourth-order valence-electron chi connectivity index (χ4n) is 2.18. The van der Waals surface area contributed by atoms with Crippen molar-refractivity contribution in [2.75, 3.05) is 6.54 Å². The Morgan fingerprint density at radius 3 is 2.24 bits per heavy atom. The smallest absolute Gasteiger partial charge is 0.307 e. The van der Waals surface area contributed by atoms with Crippen LogP contribution in [0.1, 0.15) is 29.7 Å². The Bertz CT molecular complexity index is 593. The van der Waals surface area contributed by atoms with Crippen molar-refractivity contribution in [2.45, 2.75) is 19.1 Å². The summed E-state index contributed by atoms with van der Waals surface area (Å²) in [4.78, 5) is 0. The van der Waals surface area contributed by atoms with E-state index in [1.54, 1.807) is 6.07 Å². The third-order valence-corrected chi connectivity index (χ3v) is 3.40. The molecule has 0 bridgehead atoms. The van der Waals surface area contributed by atoms with Gasteiger partial charge in [0, 0.05) is 5.02 Å². The molecule has 0 aliphatic heterocycles. The van der Waals surface area contributed by atoms with Crippen molar-refractivity contribution >= 4 is 11.6 Å². The number of hydrogen-bond acceptors (Lipinski definition) is 1. The van der Waals surface area contributed by atoms with Gasteiger partial charge in [0.05, 0.1) is 11.6 Å². The van der Waals surface area contributed by atoms with E-state index in [0.717, 1.165) is 23.3 Å². The Morgan fingerprint density at radius 1 is 1.05 bits per heavy atom. The highest BCUT2D eigenvalue weighted by atomic mass is 35.5. The summed E-state index contributed by atoms with van der Waals surface area (Å²) in [5.41, 5.74) is 1.05. The quantitative estimate of drug-likeness (QED) is 0.832. The number of hydrogen-bond donors (Lipinski definition) is 1. The summed E-state index contributed by atoms with van der Waals surface area (Å²) in [5.74, 6) is 0. The fourth-order valence-corrected chi connectivity index (χ4v) is 2.38. The Labute approximate surface area is 126 Å². The molecule has 0 aromatic heterocycles. The summed E-state index contributed by atoms with van der Waals surface area (Å²) in [6, 6.07) is 12.3. The summed E-state index contributed by atoms with van der Waals surface area (Å²) in [6.45, 7) is 2.64. The molecule has 2 aromatic carbocycles. The average molecular weight is 314 g/mol. The molecule has 0 saturated carbocycles. The minimum atomic E-state index is -4.32. The van der Waals surface area contributed by atoms with E-state index in [4.69, 9.17) is 11.6 Å². The molecule has 1 unspecified atom stereocenters. The predicted molar refractivity (Wildman–Crippen MR) is 78.4 cm³/mol. The lowest BCUT2D eigenvalue weighted by molar-refractivity contribution is -0.137. The maximum absolute atomic E-state index is 12.6. The van der Waals surface area contributed by atoms with E-state index in [1.165, 1.54) is 12.1 Å². The number of alkyl halides is 3. The molecule has 0 amide bonds. The number of halogens is 4. The molecule has 0 saturated heterocycles. The second kappa shape index (κ2) is 6.50. The van der Waals surface area contributed by atoms with Gasteiger partial charge in [0.1, 0.15) is 0 Å².